The van der Waals surface area contributed by atoms with Gasteiger partial charge in [-0.1, -0.05) is 25.9 Å². The number of aromatic nitrogens is 3. The Morgan fingerprint density at radius 2 is 2.11 bits per heavy atom. The van der Waals surface area contributed by atoms with Crippen LogP contribution in [0.25, 0.3) is 0 Å². The van der Waals surface area contributed by atoms with Crippen LogP contribution in [-0.2, 0) is 12.0 Å². The number of nitrogens with one attached hydrogen (secondary N) is 1. The highest BCUT2D eigenvalue weighted by Gasteiger charge is 2.18. The molecule has 96 valence electrons. The van der Waals surface area contributed by atoms with Crippen LogP contribution in [-0.4, -0.2) is 15.1 Å². The third-order valence-electron chi connectivity index (χ3n) is 2.35. The van der Waals surface area contributed by atoms with Crippen LogP contribution in [0.4, 0.5) is 11.6 Å². The van der Waals surface area contributed by atoms with Crippen LogP contribution < -0.4 is 11.1 Å². The molecule has 0 radical (unpaired) electrons. The van der Waals surface area contributed by atoms with Gasteiger partial charge in [0.1, 0.15) is 17.5 Å². The lowest BCUT2D eigenvalue weighted by atomic mass is 9.96. The smallest absolute Gasteiger partial charge is 0.155 e. The van der Waals surface area contributed by atoms with Crippen molar-refractivity contribution in [2.24, 2.45) is 0 Å². The number of hydrogen-bond donors (Lipinski definition) is 2. The van der Waals surface area contributed by atoms with Crippen molar-refractivity contribution in [1.82, 2.24) is 15.1 Å². The van der Waals surface area contributed by atoms with Gasteiger partial charge in [0.25, 0.3) is 0 Å². The second-order valence-electron chi connectivity index (χ2n) is 5.08. The number of nitrogen functional groups attached to an aromatic ring is 1. The molecular weight excluding hydrogens is 230 g/mol. The Morgan fingerprint density at radius 1 is 1.33 bits per heavy atom. The standard InChI is InChI=1S/C12H17N5O/c1-12(2,3)11-16-9(13)6-10(17-11)14-7-8-4-5-15-18-8/h4-6H,7H2,1-3H3,(H3,13,14,16,17). The molecule has 2 rings (SSSR count). The molecule has 0 saturated carbocycles. The zero-order valence-electron chi connectivity index (χ0n) is 10.8. The Bertz CT molecular complexity index is 516. The number of nitrogens with zero attached hydrogens (tertiary/aromatic N) is 3. The van der Waals surface area contributed by atoms with Crippen LogP contribution in [0.5, 0.6) is 0 Å². The molecule has 0 unspecified atom stereocenters. The second kappa shape index (κ2) is 4.64. The van der Waals surface area contributed by atoms with Crippen LogP contribution in [0.1, 0.15) is 32.4 Å². The number of hydrogen-bond acceptors (Lipinski definition) is 6. The summed E-state index contributed by atoms with van der Waals surface area (Å²) in [5.41, 5.74) is 5.64. The van der Waals surface area contributed by atoms with E-state index in [-0.39, 0.29) is 5.41 Å². The summed E-state index contributed by atoms with van der Waals surface area (Å²) < 4.78 is 5.00. The van der Waals surface area contributed by atoms with Crippen LogP contribution in [0.15, 0.2) is 22.9 Å². The van der Waals surface area contributed by atoms with E-state index >= 15 is 0 Å². The molecule has 18 heavy (non-hydrogen) atoms. The van der Waals surface area contributed by atoms with E-state index in [4.69, 9.17) is 10.3 Å². The normalized spacial score (nSPS) is 11.5. The van der Waals surface area contributed by atoms with Crippen molar-refractivity contribution < 1.29 is 4.52 Å². The van der Waals surface area contributed by atoms with Gasteiger partial charge in [-0.3, -0.25) is 0 Å². The molecule has 0 aliphatic rings. The van der Waals surface area contributed by atoms with Crippen molar-refractivity contribution in [2.45, 2.75) is 32.7 Å². The maximum atomic E-state index is 5.78. The Kier molecular flexibility index (Phi) is 3.18. The van der Waals surface area contributed by atoms with Gasteiger partial charge in [-0.15, -0.1) is 0 Å². The summed E-state index contributed by atoms with van der Waals surface area (Å²) in [5.74, 6) is 2.59. The topological polar surface area (TPSA) is 89.9 Å². The fraction of sp³-hybridized carbons (Fsp3) is 0.417. The third-order valence-corrected chi connectivity index (χ3v) is 2.35. The van der Waals surface area contributed by atoms with Crippen molar-refractivity contribution >= 4 is 11.6 Å². The summed E-state index contributed by atoms with van der Waals surface area (Å²) >= 11 is 0. The van der Waals surface area contributed by atoms with Crippen molar-refractivity contribution in [3.8, 4) is 0 Å². The molecule has 0 aliphatic heterocycles. The highest BCUT2D eigenvalue weighted by molar-refractivity contribution is 5.45. The van der Waals surface area contributed by atoms with Gasteiger partial charge in [-0.05, 0) is 0 Å². The average Bonchev–Trinajstić information content (AvgIpc) is 2.77. The van der Waals surface area contributed by atoms with Gasteiger partial charge in [0, 0.05) is 17.5 Å². The zero-order valence-corrected chi connectivity index (χ0v) is 10.8. The highest BCUT2D eigenvalue weighted by Crippen LogP contribution is 2.21. The van der Waals surface area contributed by atoms with Gasteiger partial charge in [0.2, 0.25) is 0 Å². The van der Waals surface area contributed by atoms with Gasteiger partial charge in [0.05, 0.1) is 12.7 Å². The molecule has 0 amide bonds. The van der Waals surface area contributed by atoms with Gasteiger partial charge >= 0.3 is 0 Å². The summed E-state index contributed by atoms with van der Waals surface area (Å²) in [6.45, 7) is 6.64. The first-order valence-electron chi connectivity index (χ1n) is 5.73. The molecule has 0 fully saturated rings. The summed E-state index contributed by atoms with van der Waals surface area (Å²) in [7, 11) is 0. The van der Waals surface area contributed by atoms with E-state index in [1.54, 1.807) is 18.3 Å². The van der Waals surface area contributed by atoms with Crippen molar-refractivity contribution in [2.75, 3.05) is 11.1 Å². The highest BCUT2D eigenvalue weighted by atomic mass is 16.5. The molecule has 0 atom stereocenters. The van der Waals surface area contributed by atoms with Crippen molar-refractivity contribution in [3.63, 3.8) is 0 Å². The Labute approximate surface area is 106 Å². The van der Waals surface area contributed by atoms with Crippen LogP contribution in [0.3, 0.4) is 0 Å². The minimum atomic E-state index is -0.141. The SMILES string of the molecule is CC(C)(C)c1nc(N)cc(NCc2ccno2)n1. The molecule has 6 heteroatoms. The minimum absolute atomic E-state index is 0.141. The first kappa shape index (κ1) is 12.3. The maximum absolute atomic E-state index is 5.78. The lowest BCUT2D eigenvalue weighted by Crippen LogP contribution is -2.18. The molecule has 2 aromatic rings. The average molecular weight is 247 g/mol. The predicted octanol–water partition coefficient (Wildman–Crippen LogP) is 1.96. The molecule has 2 aromatic heterocycles. The molecule has 3 N–H and O–H groups in total. The van der Waals surface area contributed by atoms with E-state index in [0.29, 0.717) is 24.0 Å². The molecule has 0 aromatic carbocycles. The van der Waals surface area contributed by atoms with Gasteiger partial charge in [0.15, 0.2) is 5.76 Å². The molecule has 0 spiro atoms. The van der Waals surface area contributed by atoms with E-state index in [9.17, 15) is 0 Å². The molecule has 0 saturated heterocycles. The number of nitrogens with two attached hydrogens (primary N) is 1. The van der Waals surface area contributed by atoms with E-state index in [2.05, 4.69) is 20.4 Å². The van der Waals surface area contributed by atoms with E-state index in [1.807, 2.05) is 20.8 Å². The molecule has 0 aliphatic carbocycles. The first-order valence-corrected chi connectivity index (χ1v) is 5.73. The zero-order chi connectivity index (χ0) is 13.2. The summed E-state index contributed by atoms with van der Waals surface area (Å²) in [4.78, 5) is 8.68. The van der Waals surface area contributed by atoms with E-state index in [0.717, 1.165) is 5.76 Å². The van der Waals surface area contributed by atoms with Crippen LogP contribution in [0.2, 0.25) is 0 Å². The van der Waals surface area contributed by atoms with Gasteiger partial charge in [-0.2, -0.15) is 0 Å². The molecular formula is C12H17N5O. The van der Waals surface area contributed by atoms with Gasteiger partial charge in [-0.25, -0.2) is 9.97 Å². The third kappa shape index (κ3) is 2.97. The monoisotopic (exact) mass is 247 g/mol. The van der Waals surface area contributed by atoms with E-state index in [1.165, 1.54) is 0 Å². The lowest BCUT2D eigenvalue weighted by Gasteiger charge is -2.17. The molecule has 6 nitrogen and oxygen atoms in total. The largest absolute Gasteiger partial charge is 0.384 e. The molecule has 2 heterocycles. The van der Waals surface area contributed by atoms with Gasteiger partial charge < -0.3 is 15.6 Å². The quantitative estimate of drug-likeness (QED) is 0.861. The summed E-state index contributed by atoms with van der Waals surface area (Å²) in [6.07, 6.45) is 1.60. The fourth-order valence-electron chi connectivity index (χ4n) is 1.40. The Morgan fingerprint density at radius 3 is 2.72 bits per heavy atom. The molecule has 0 bridgehead atoms. The summed E-state index contributed by atoms with van der Waals surface area (Å²) in [6, 6.07) is 3.49. The maximum Gasteiger partial charge on any atom is 0.155 e. The Hall–Kier alpha value is -2.11. The lowest BCUT2D eigenvalue weighted by molar-refractivity contribution is 0.388. The Balaban J connectivity index is 2.15. The van der Waals surface area contributed by atoms with E-state index < -0.39 is 0 Å². The first-order chi connectivity index (χ1) is 8.45. The van der Waals surface area contributed by atoms with Crippen molar-refractivity contribution in [3.05, 3.63) is 29.9 Å². The number of rotatable bonds is 3. The van der Waals surface area contributed by atoms with Crippen LogP contribution in [0, 0.1) is 0 Å². The fourth-order valence-corrected chi connectivity index (χ4v) is 1.40. The second-order valence-corrected chi connectivity index (χ2v) is 5.08. The number of anilines is 2. The van der Waals surface area contributed by atoms with Crippen LogP contribution >= 0.6 is 0 Å². The minimum Gasteiger partial charge on any atom is -0.384 e. The predicted molar refractivity (Wildman–Crippen MR) is 69.0 cm³/mol. The summed E-state index contributed by atoms with van der Waals surface area (Å²) in [5, 5.41) is 6.77. The van der Waals surface area contributed by atoms with Crippen molar-refractivity contribution in [1.29, 1.82) is 0 Å².